The lowest BCUT2D eigenvalue weighted by atomic mass is 10.1. The second-order valence-corrected chi connectivity index (χ2v) is 7.80. The first kappa shape index (κ1) is 15.4. The Balaban J connectivity index is 2.00. The number of likely N-dealkylation sites (tertiary alicyclic amines) is 1. The summed E-state index contributed by atoms with van der Waals surface area (Å²) < 4.78 is 27.9. The van der Waals surface area contributed by atoms with E-state index in [4.69, 9.17) is 10.3 Å². The van der Waals surface area contributed by atoms with Gasteiger partial charge in [-0.3, -0.25) is 0 Å². The molecule has 0 aliphatic carbocycles. The third-order valence-corrected chi connectivity index (χ3v) is 5.17. The number of rotatable bonds is 5. The van der Waals surface area contributed by atoms with Gasteiger partial charge in [0.2, 0.25) is 5.89 Å². The predicted molar refractivity (Wildman–Crippen MR) is 74.8 cm³/mol. The van der Waals surface area contributed by atoms with E-state index in [0.29, 0.717) is 12.4 Å². The van der Waals surface area contributed by atoms with Gasteiger partial charge in [0.15, 0.2) is 15.7 Å². The van der Waals surface area contributed by atoms with E-state index in [1.165, 1.54) is 26.2 Å². The number of nitrogens with two attached hydrogens (primary N) is 1. The van der Waals surface area contributed by atoms with Crippen LogP contribution in [0.5, 0.6) is 0 Å². The molecular formula is C12H22N4O3S. The van der Waals surface area contributed by atoms with Gasteiger partial charge in [-0.15, -0.1) is 0 Å². The molecule has 0 amide bonds. The van der Waals surface area contributed by atoms with E-state index in [-0.39, 0.29) is 11.9 Å². The minimum Gasteiger partial charge on any atom is -0.338 e. The summed E-state index contributed by atoms with van der Waals surface area (Å²) in [7, 11) is -3.24. The van der Waals surface area contributed by atoms with Crippen molar-refractivity contribution in [2.45, 2.75) is 37.5 Å². The molecule has 0 bridgehead atoms. The first-order valence-electron chi connectivity index (χ1n) is 6.88. The molecular weight excluding hydrogens is 280 g/mol. The van der Waals surface area contributed by atoms with Crippen molar-refractivity contribution in [3.05, 3.63) is 11.7 Å². The summed E-state index contributed by atoms with van der Waals surface area (Å²) in [6.07, 6.45) is 4.80. The molecule has 114 valence electrons. The van der Waals surface area contributed by atoms with Crippen molar-refractivity contribution in [3.8, 4) is 0 Å². The highest BCUT2D eigenvalue weighted by Gasteiger charge is 2.26. The topological polar surface area (TPSA) is 102 Å². The van der Waals surface area contributed by atoms with Crippen LogP contribution in [0.15, 0.2) is 4.52 Å². The van der Waals surface area contributed by atoms with E-state index in [1.807, 2.05) is 0 Å². The molecule has 0 saturated carbocycles. The first-order chi connectivity index (χ1) is 9.38. The van der Waals surface area contributed by atoms with E-state index >= 15 is 0 Å². The second kappa shape index (κ2) is 6.19. The molecule has 2 atom stereocenters. The Morgan fingerprint density at radius 3 is 2.60 bits per heavy atom. The van der Waals surface area contributed by atoms with Crippen LogP contribution in [0.1, 0.15) is 49.2 Å². The van der Waals surface area contributed by atoms with Crippen molar-refractivity contribution in [1.82, 2.24) is 15.0 Å². The number of aromatic nitrogens is 2. The number of sulfone groups is 1. The lowest BCUT2D eigenvalue weighted by Gasteiger charge is -2.27. The van der Waals surface area contributed by atoms with Crippen molar-refractivity contribution in [2.24, 2.45) is 5.73 Å². The highest BCUT2D eigenvalue weighted by atomic mass is 32.2. The van der Waals surface area contributed by atoms with E-state index in [0.717, 1.165) is 19.3 Å². The Bertz CT molecular complexity index is 537. The largest absolute Gasteiger partial charge is 0.338 e. The van der Waals surface area contributed by atoms with Gasteiger partial charge >= 0.3 is 0 Å². The van der Waals surface area contributed by atoms with Crippen molar-refractivity contribution < 1.29 is 12.9 Å². The minimum atomic E-state index is -3.24. The summed E-state index contributed by atoms with van der Waals surface area (Å²) >= 11 is 0. The summed E-state index contributed by atoms with van der Waals surface area (Å²) in [5.41, 5.74) is 6.07. The molecule has 2 rings (SSSR count). The van der Waals surface area contributed by atoms with Crippen LogP contribution in [0.4, 0.5) is 0 Å². The molecule has 0 radical (unpaired) electrons. The number of piperidine rings is 1. The zero-order chi connectivity index (χ0) is 14.8. The zero-order valence-electron chi connectivity index (χ0n) is 11.9. The molecule has 20 heavy (non-hydrogen) atoms. The molecule has 1 fully saturated rings. The molecule has 2 N–H and O–H groups in total. The fourth-order valence-corrected chi connectivity index (χ4v) is 2.71. The molecule has 1 aliphatic rings. The minimum absolute atomic E-state index is 0.108. The smallest absolute Gasteiger partial charge is 0.244 e. The summed E-state index contributed by atoms with van der Waals surface area (Å²) in [6.45, 7) is 4.28. The fraction of sp³-hybridized carbons (Fsp3) is 0.833. The van der Waals surface area contributed by atoms with Crippen LogP contribution in [0.25, 0.3) is 0 Å². The van der Waals surface area contributed by atoms with Gasteiger partial charge in [-0.25, -0.2) is 8.42 Å². The molecule has 2 unspecified atom stereocenters. The quantitative estimate of drug-likeness (QED) is 0.852. The zero-order valence-corrected chi connectivity index (χ0v) is 12.8. The lowest BCUT2D eigenvalue weighted by molar-refractivity contribution is 0.213. The normalized spacial score (nSPS) is 20.8. The Kier molecular flexibility index (Phi) is 4.77. The highest BCUT2D eigenvalue weighted by Crippen LogP contribution is 2.20. The summed E-state index contributed by atoms with van der Waals surface area (Å²) in [4.78, 5) is 6.42. The molecule has 0 aromatic carbocycles. The maximum absolute atomic E-state index is 11.5. The van der Waals surface area contributed by atoms with E-state index in [9.17, 15) is 8.42 Å². The van der Waals surface area contributed by atoms with Crippen molar-refractivity contribution in [3.63, 3.8) is 0 Å². The molecule has 1 aliphatic heterocycles. The third-order valence-electron chi connectivity index (χ3n) is 3.68. The average Bonchev–Trinajstić information content (AvgIpc) is 2.87. The summed E-state index contributed by atoms with van der Waals surface area (Å²) in [5, 5.41) is 3.01. The molecule has 0 spiro atoms. The SMILES string of the molecule is CC(c1nc(C(N)CN2CCCCC2)no1)S(C)(=O)=O. The summed E-state index contributed by atoms with van der Waals surface area (Å²) in [5.74, 6) is 0.484. The molecule has 2 heterocycles. The number of nitrogens with zero attached hydrogens (tertiary/aromatic N) is 3. The Hall–Kier alpha value is -0.990. The third kappa shape index (κ3) is 3.77. The average molecular weight is 302 g/mol. The molecule has 8 heteroatoms. The first-order valence-corrected chi connectivity index (χ1v) is 8.83. The summed E-state index contributed by atoms with van der Waals surface area (Å²) in [6, 6.07) is -0.350. The van der Waals surface area contributed by atoms with Gasteiger partial charge in [0.25, 0.3) is 0 Å². The molecule has 1 aromatic rings. The van der Waals surface area contributed by atoms with Crippen molar-refractivity contribution in [2.75, 3.05) is 25.9 Å². The van der Waals surface area contributed by atoms with Gasteiger partial charge in [-0.1, -0.05) is 11.6 Å². The van der Waals surface area contributed by atoms with Crippen LogP contribution in [0.2, 0.25) is 0 Å². The fourth-order valence-electron chi connectivity index (χ4n) is 2.25. The Morgan fingerprint density at radius 2 is 2.00 bits per heavy atom. The van der Waals surface area contributed by atoms with Crippen LogP contribution >= 0.6 is 0 Å². The standard InChI is InChI=1S/C12H22N4O3S/c1-9(20(2,17)18)12-14-11(15-19-12)10(13)8-16-6-4-3-5-7-16/h9-10H,3-8,13H2,1-2H3. The number of hydrogen-bond donors (Lipinski definition) is 1. The van der Waals surface area contributed by atoms with Gasteiger partial charge < -0.3 is 15.2 Å². The van der Waals surface area contributed by atoms with Crippen LogP contribution in [-0.4, -0.2) is 49.3 Å². The van der Waals surface area contributed by atoms with Crippen LogP contribution in [0.3, 0.4) is 0 Å². The molecule has 1 aromatic heterocycles. The predicted octanol–water partition coefficient (Wildman–Crippen LogP) is 0.661. The van der Waals surface area contributed by atoms with E-state index in [1.54, 1.807) is 0 Å². The highest BCUT2D eigenvalue weighted by molar-refractivity contribution is 7.90. The van der Waals surface area contributed by atoms with Gasteiger partial charge in [0.05, 0.1) is 6.04 Å². The second-order valence-electron chi connectivity index (χ2n) is 5.43. The van der Waals surface area contributed by atoms with Crippen LogP contribution < -0.4 is 5.73 Å². The van der Waals surface area contributed by atoms with Gasteiger partial charge in [-0.2, -0.15) is 4.98 Å². The Morgan fingerprint density at radius 1 is 1.35 bits per heavy atom. The van der Waals surface area contributed by atoms with Crippen LogP contribution in [0, 0.1) is 0 Å². The lowest BCUT2D eigenvalue weighted by Crippen LogP contribution is -2.36. The van der Waals surface area contributed by atoms with Crippen molar-refractivity contribution >= 4 is 9.84 Å². The van der Waals surface area contributed by atoms with E-state index in [2.05, 4.69) is 15.0 Å². The van der Waals surface area contributed by atoms with Crippen LogP contribution in [-0.2, 0) is 9.84 Å². The van der Waals surface area contributed by atoms with Gasteiger partial charge in [0.1, 0.15) is 5.25 Å². The molecule has 7 nitrogen and oxygen atoms in total. The maximum Gasteiger partial charge on any atom is 0.244 e. The monoisotopic (exact) mass is 302 g/mol. The van der Waals surface area contributed by atoms with Gasteiger partial charge in [-0.05, 0) is 32.9 Å². The van der Waals surface area contributed by atoms with Crippen molar-refractivity contribution in [1.29, 1.82) is 0 Å². The number of hydrogen-bond acceptors (Lipinski definition) is 7. The van der Waals surface area contributed by atoms with E-state index < -0.39 is 15.1 Å². The maximum atomic E-state index is 11.5. The molecule has 1 saturated heterocycles. The van der Waals surface area contributed by atoms with Gasteiger partial charge in [0, 0.05) is 12.8 Å². The Labute approximate surface area is 119 Å².